The minimum Gasteiger partial charge on any atom is -0.481 e. The SMILES string of the molecule is O=C(O)[C@H]1CN(Cc2ccccc2)C[C@H]1C(=O)O.O=C(O)[C@H]1CN(Cc2ccccc2)C[C@H]1C(=O)O. The van der Waals surface area contributed by atoms with E-state index in [1.807, 2.05) is 70.5 Å². The number of nitrogens with zero attached hydrogens (tertiary/aromatic N) is 2. The molecule has 0 spiro atoms. The second-order valence-electron chi connectivity index (χ2n) is 9.14. The van der Waals surface area contributed by atoms with Gasteiger partial charge < -0.3 is 20.4 Å². The van der Waals surface area contributed by atoms with Crippen molar-refractivity contribution in [1.29, 1.82) is 0 Å². The Morgan fingerprint density at radius 3 is 1.00 bits per heavy atom. The highest BCUT2D eigenvalue weighted by atomic mass is 16.4. The van der Waals surface area contributed by atoms with Gasteiger partial charge in [0.05, 0.1) is 23.7 Å². The molecular formula is C26H30N2O8. The van der Waals surface area contributed by atoms with Gasteiger partial charge in [-0.05, 0) is 11.1 Å². The first-order valence-corrected chi connectivity index (χ1v) is 11.6. The Balaban J connectivity index is 0.000000201. The Morgan fingerprint density at radius 1 is 0.528 bits per heavy atom. The molecule has 4 N–H and O–H groups in total. The zero-order chi connectivity index (χ0) is 26.2. The fraction of sp³-hybridized carbons (Fsp3) is 0.385. The molecule has 0 aromatic heterocycles. The van der Waals surface area contributed by atoms with Crippen molar-refractivity contribution in [2.75, 3.05) is 26.2 Å². The number of likely N-dealkylation sites (tertiary alicyclic amines) is 2. The van der Waals surface area contributed by atoms with Crippen molar-refractivity contribution >= 4 is 23.9 Å². The Bertz CT molecular complexity index is 933. The predicted octanol–water partition coefficient (Wildman–Crippen LogP) is 1.81. The minimum absolute atomic E-state index is 0.293. The number of aliphatic carboxylic acids is 4. The summed E-state index contributed by atoms with van der Waals surface area (Å²) in [6, 6.07) is 19.3. The van der Waals surface area contributed by atoms with Gasteiger partial charge in [0.2, 0.25) is 0 Å². The van der Waals surface area contributed by atoms with E-state index in [-0.39, 0.29) is 0 Å². The van der Waals surface area contributed by atoms with E-state index in [9.17, 15) is 19.2 Å². The Kier molecular flexibility index (Phi) is 9.15. The summed E-state index contributed by atoms with van der Waals surface area (Å²) >= 11 is 0. The number of hydrogen-bond donors (Lipinski definition) is 4. The first-order chi connectivity index (χ1) is 17.2. The molecule has 2 aromatic rings. The molecule has 2 aromatic carbocycles. The molecule has 0 aliphatic carbocycles. The van der Waals surface area contributed by atoms with E-state index < -0.39 is 47.5 Å². The molecule has 0 unspecified atom stereocenters. The van der Waals surface area contributed by atoms with Crippen LogP contribution in [0.15, 0.2) is 60.7 Å². The van der Waals surface area contributed by atoms with E-state index in [2.05, 4.69) is 0 Å². The van der Waals surface area contributed by atoms with Gasteiger partial charge in [-0.25, -0.2) is 0 Å². The summed E-state index contributed by atoms with van der Waals surface area (Å²) in [5.74, 6) is -7.37. The molecule has 2 aliphatic heterocycles. The van der Waals surface area contributed by atoms with Crippen molar-refractivity contribution in [3.8, 4) is 0 Å². The van der Waals surface area contributed by atoms with Crippen molar-refractivity contribution in [2.24, 2.45) is 23.7 Å². The Hall–Kier alpha value is -3.76. The average molecular weight is 499 g/mol. The van der Waals surface area contributed by atoms with E-state index in [0.717, 1.165) is 11.1 Å². The normalized spacial score (nSPS) is 24.0. The van der Waals surface area contributed by atoms with Gasteiger partial charge in [-0.15, -0.1) is 0 Å². The van der Waals surface area contributed by atoms with Crippen LogP contribution in [0, 0.1) is 23.7 Å². The van der Waals surface area contributed by atoms with Crippen molar-refractivity contribution in [3.05, 3.63) is 71.8 Å². The van der Waals surface area contributed by atoms with Crippen LogP contribution in [0.2, 0.25) is 0 Å². The van der Waals surface area contributed by atoms with Crippen LogP contribution in [0.25, 0.3) is 0 Å². The predicted molar refractivity (Wildman–Crippen MR) is 128 cm³/mol. The summed E-state index contributed by atoms with van der Waals surface area (Å²) < 4.78 is 0. The van der Waals surface area contributed by atoms with Crippen molar-refractivity contribution < 1.29 is 39.6 Å². The third-order valence-corrected chi connectivity index (χ3v) is 6.56. The fourth-order valence-electron chi connectivity index (χ4n) is 4.71. The molecule has 2 aliphatic rings. The molecule has 4 rings (SSSR count). The molecule has 192 valence electrons. The second-order valence-corrected chi connectivity index (χ2v) is 9.14. The third-order valence-electron chi connectivity index (χ3n) is 6.56. The van der Waals surface area contributed by atoms with Crippen molar-refractivity contribution in [3.63, 3.8) is 0 Å². The minimum atomic E-state index is -1.03. The maximum absolute atomic E-state index is 11.0. The maximum Gasteiger partial charge on any atom is 0.308 e. The summed E-state index contributed by atoms with van der Waals surface area (Å²) in [6.45, 7) is 2.35. The first-order valence-electron chi connectivity index (χ1n) is 11.6. The standard InChI is InChI=1S/2C13H15NO4/c2*15-12(16)10-7-14(8-11(10)13(17)18)6-9-4-2-1-3-5-9/h2*1-5,10-11H,6-8H2,(H,15,16)(H,17,18)/t2*10-,11+. The number of hydrogen-bond acceptors (Lipinski definition) is 6. The molecule has 10 nitrogen and oxygen atoms in total. The molecule has 2 saturated heterocycles. The number of rotatable bonds is 8. The lowest BCUT2D eigenvalue weighted by atomic mass is 9.97. The number of carboxylic acid groups (broad SMARTS) is 4. The zero-order valence-corrected chi connectivity index (χ0v) is 19.6. The largest absolute Gasteiger partial charge is 0.481 e. The molecule has 10 heteroatoms. The van der Waals surface area contributed by atoms with Crippen LogP contribution in [-0.2, 0) is 32.3 Å². The average Bonchev–Trinajstić information content (AvgIpc) is 3.46. The number of carbonyl (C=O) groups is 4. The Labute approximate surface area is 208 Å². The fourth-order valence-corrected chi connectivity index (χ4v) is 4.71. The van der Waals surface area contributed by atoms with E-state index in [1.54, 1.807) is 0 Å². The van der Waals surface area contributed by atoms with Crippen LogP contribution >= 0.6 is 0 Å². The van der Waals surface area contributed by atoms with Gasteiger partial charge in [0, 0.05) is 39.3 Å². The molecule has 2 fully saturated rings. The van der Waals surface area contributed by atoms with Crippen LogP contribution < -0.4 is 0 Å². The highest BCUT2D eigenvalue weighted by Crippen LogP contribution is 2.26. The van der Waals surface area contributed by atoms with Crippen LogP contribution in [-0.4, -0.2) is 80.3 Å². The second kappa shape index (κ2) is 12.3. The third kappa shape index (κ3) is 7.12. The zero-order valence-electron chi connectivity index (χ0n) is 19.6. The van der Waals surface area contributed by atoms with Crippen molar-refractivity contribution in [1.82, 2.24) is 9.80 Å². The number of benzene rings is 2. The highest BCUT2D eigenvalue weighted by Gasteiger charge is 2.42. The van der Waals surface area contributed by atoms with E-state index in [4.69, 9.17) is 20.4 Å². The molecule has 2 heterocycles. The maximum atomic E-state index is 11.0. The lowest BCUT2D eigenvalue weighted by Gasteiger charge is -2.14. The van der Waals surface area contributed by atoms with Crippen LogP contribution in [0.4, 0.5) is 0 Å². The van der Waals surface area contributed by atoms with Crippen LogP contribution in [0.3, 0.4) is 0 Å². The van der Waals surface area contributed by atoms with Crippen molar-refractivity contribution in [2.45, 2.75) is 13.1 Å². The van der Waals surface area contributed by atoms with Crippen LogP contribution in [0.1, 0.15) is 11.1 Å². The lowest BCUT2D eigenvalue weighted by Crippen LogP contribution is -2.28. The lowest BCUT2D eigenvalue weighted by molar-refractivity contribution is -0.151. The van der Waals surface area contributed by atoms with Gasteiger partial charge in [-0.2, -0.15) is 0 Å². The van der Waals surface area contributed by atoms with E-state index in [1.165, 1.54) is 0 Å². The van der Waals surface area contributed by atoms with E-state index in [0.29, 0.717) is 39.3 Å². The summed E-state index contributed by atoms with van der Waals surface area (Å²) in [4.78, 5) is 47.9. The molecule has 36 heavy (non-hydrogen) atoms. The topological polar surface area (TPSA) is 156 Å². The highest BCUT2D eigenvalue weighted by molar-refractivity contribution is 5.81. The van der Waals surface area contributed by atoms with E-state index >= 15 is 0 Å². The molecule has 0 bridgehead atoms. The molecule has 0 amide bonds. The molecule has 4 atom stereocenters. The monoisotopic (exact) mass is 498 g/mol. The van der Waals surface area contributed by atoms with Crippen LogP contribution in [0.5, 0.6) is 0 Å². The first kappa shape index (κ1) is 26.8. The van der Waals surface area contributed by atoms with Gasteiger partial charge >= 0.3 is 23.9 Å². The van der Waals surface area contributed by atoms with Gasteiger partial charge in [0.1, 0.15) is 0 Å². The summed E-state index contributed by atoms with van der Waals surface area (Å²) in [5.41, 5.74) is 2.13. The van der Waals surface area contributed by atoms with Gasteiger partial charge in [-0.3, -0.25) is 29.0 Å². The summed E-state index contributed by atoms with van der Waals surface area (Å²) in [5, 5.41) is 36.1. The summed E-state index contributed by atoms with van der Waals surface area (Å²) in [7, 11) is 0. The molecular weight excluding hydrogens is 468 g/mol. The Morgan fingerprint density at radius 2 is 0.778 bits per heavy atom. The smallest absolute Gasteiger partial charge is 0.308 e. The quantitative estimate of drug-likeness (QED) is 0.423. The van der Waals surface area contributed by atoms with Gasteiger partial charge in [0.15, 0.2) is 0 Å². The van der Waals surface area contributed by atoms with Gasteiger partial charge in [-0.1, -0.05) is 60.7 Å². The number of carboxylic acids is 4. The summed E-state index contributed by atoms with van der Waals surface area (Å²) in [6.07, 6.45) is 0. The molecule has 0 radical (unpaired) electrons. The van der Waals surface area contributed by atoms with Gasteiger partial charge in [0.25, 0.3) is 0 Å². The molecule has 0 saturated carbocycles.